The van der Waals surface area contributed by atoms with Gasteiger partial charge >= 0.3 is 5.97 Å². The maximum atomic E-state index is 12.7. The fourth-order valence-electron chi connectivity index (χ4n) is 4.34. The van der Waals surface area contributed by atoms with Crippen LogP contribution in [0.3, 0.4) is 0 Å². The van der Waals surface area contributed by atoms with Crippen molar-refractivity contribution >= 4 is 5.97 Å². The van der Waals surface area contributed by atoms with E-state index in [2.05, 4.69) is 39.8 Å². The number of allylic oxidation sites excluding steroid dienone is 2. The average Bonchev–Trinajstić information content (AvgIpc) is 2.72. The molecule has 29 heavy (non-hydrogen) atoms. The van der Waals surface area contributed by atoms with Gasteiger partial charge in [-0.1, -0.05) is 104 Å². The highest BCUT2D eigenvalue weighted by Crippen LogP contribution is 2.37. The molecule has 0 bridgehead atoms. The van der Waals surface area contributed by atoms with Crippen molar-refractivity contribution in [3.05, 3.63) is 12.2 Å². The Bertz CT molecular complexity index is 380. The molecule has 0 fully saturated rings. The number of carbonyl (C=O) groups is 1. The Labute approximate surface area is 183 Å². The van der Waals surface area contributed by atoms with Gasteiger partial charge in [-0.25, -0.2) is 0 Å². The molecule has 0 spiro atoms. The van der Waals surface area contributed by atoms with Crippen LogP contribution >= 0.6 is 0 Å². The molecular formula is C27H52O2. The number of unbranched alkanes of at least 4 members (excludes halogenated alkanes) is 10. The van der Waals surface area contributed by atoms with Crippen LogP contribution in [-0.4, -0.2) is 12.6 Å². The molecule has 2 heteroatoms. The van der Waals surface area contributed by atoms with Crippen LogP contribution in [0.25, 0.3) is 0 Å². The van der Waals surface area contributed by atoms with E-state index in [9.17, 15) is 4.79 Å². The molecule has 172 valence electrons. The lowest BCUT2D eigenvalue weighted by molar-refractivity contribution is -0.157. The standard InChI is InChI=1S/C27H52O2/c1-5-9-10-11-12-13-14-15-16-17-18-19-20-21-24-27(22-6-2,23-7-3)26(28)29-25-8-4/h15-16H,5-14,17-25H2,1-4H3/b16-15-. The zero-order valence-corrected chi connectivity index (χ0v) is 20.4. The average molecular weight is 409 g/mol. The summed E-state index contributed by atoms with van der Waals surface area (Å²) in [5.74, 6) is 0.0701. The first kappa shape index (κ1) is 28.2. The Morgan fingerprint density at radius 1 is 0.621 bits per heavy atom. The lowest BCUT2D eigenvalue weighted by Gasteiger charge is -2.31. The third-order valence-corrected chi connectivity index (χ3v) is 5.99. The number of hydrogen-bond acceptors (Lipinski definition) is 2. The molecule has 0 saturated heterocycles. The quantitative estimate of drug-likeness (QED) is 0.107. The minimum absolute atomic E-state index is 0.0701. The van der Waals surface area contributed by atoms with Crippen LogP contribution in [-0.2, 0) is 9.53 Å². The van der Waals surface area contributed by atoms with Crippen LogP contribution in [0, 0.1) is 5.41 Å². The highest BCUT2D eigenvalue weighted by atomic mass is 16.5. The zero-order chi connectivity index (χ0) is 21.6. The van der Waals surface area contributed by atoms with Gasteiger partial charge in [0.15, 0.2) is 0 Å². The molecule has 0 aliphatic heterocycles. The van der Waals surface area contributed by atoms with E-state index in [-0.39, 0.29) is 11.4 Å². The lowest BCUT2D eigenvalue weighted by atomic mass is 9.75. The molecule has 0 saturated carbocycles. The Balaban J connectivity index is 3.96. The molecule has 0 aromatic heterocycles. The van der Waals surface area contributed by atoms with Crippen molar-refractivity contribution in [2.45, 2.75) is 143 Å². The van der Waals surface area contributed by atoms with Gasteiger partial charge in [-0.15, -0.1) is 0 Å². The fourth-order valence-corrected chi connectivity index (χ4v) is 4.34. The topological polar surface area (TPSA) is 26.3 Å². The summed E-state index contributed by atoms with van der Waals surface area (Å²) in [4.78, 5) is 12.7. The van der Waals surface area contributed by atoms with Gasteiger partial charge in [0.25, 0.3) is 0 Å². The first-order valence-electron chi connectivity index (χ1n) is 13.0. The summed E-state index contributed by atoms with van der Waals surface area (Å²) in [6, 6.07) is 0. The molecule has 0 radical (unpaired) electrons. The first-order valence-corrected chi connectivity index (χ1v) is 13.0. The van der Waals surface area contributed by atoms with Crippen LogP contribution in [0.1, 0.15) is 143 Å². The second kappa shape index (κ2) is 20.5. The van der Waals surface area contributed by atoms with Gasteiger partial charge in [0, 0.05) is 0 Å². The van der Waals surface area contributed by atoms with Crippen LogP contribution in [0.2, 0.25) is 0 Å². The number of rotatable bonds is 21. The normalized spacial score (nSPS) is 12.0. The van der Waals surface area contributed by atoms with Gasteiger partial charge in [-0.2, -0.15) is 0 Å². The summed E-state index contributed by atoms with van der Waals surface area (Å²) in [6.07, 6.45) is 26.5. The van der Waals surface area contributed by atoms with Gasteiger partial charge in [0.1, 0.15) is 0 Å². The van der Waals surface area contributed by atoms with E-state index < -0.39 is 0 Å². The minimum Gasteiger partial charge on any atom is -0.465 e. The molecule has 0 amide bonds. The van der Waals surface area contributed by atoms with Gasteiger partial charge < -0.3 is 4.74 Å². The summed E-state index contributed by atoms with van der Waals surface area (Å²) < 4.78 is 5.58. The van der Waals surface area contributed by atoms with Crippen molar-refractivity contribution in [3.63, 3.8) is 0 Å². The molecule has 0 aromatic rings. The first-order chi connectivity index (χ1) is 14.2. The van der Waals surface area contributed by atoms with Gasteiger partial charge in [0.05, 0.1) is 12.0 Å². The molecule has 0 unspecified atom stereocenters. The van der Waals surface area contributed by atoms with Gasteiger partial charge in [0.2, 0.25) is 0 Å². The van der Waals surface area contributed by atoms with Crippen LogP contribution in [0.4, 0.5) is 0 Å². The minimum atomic E-state index is -0.226. The smallest absolute Gasteiger partial charge is 0.312 e. The van der Waals surface area contributed by atoms with Crippen molar-refractivity contribution in [1.29, 1.82) is 0 Å². The Hall–Kier alpha value is -0.790. The molecule has 0 heterocycles. The summed E-state index contributed by atoms with van der Waals surface area (Å²) in [5, 5.41) is 0. The predicted molar refractivity (Wildman–Crippen MR) is 128 cm³/mol. The maximum absolute atomic E-state index is 12.7. The number of carbonyl (C=O) groups excluding carboxylic acids is 1. The summed E-state index contributed by atoms with van der Waals surface area (Å²) in [7, 11) is 0. The maximum Gasteiger partial charge on any atom is 0.312 e. The van der Waals surface area contributed by atoms with E-state index in [4.69, 9.17) is 4.74 Å². The monoisotopic (exact) mass is 408 g/mol. The van der Waals surface area contributed by atoms with Gasteiger partial charge in [-0.05, 0) is 51.4 Å². The van der Waals surface area contributed by atoms with E-state index in [1.165, 1.54) is 70.6 Å². The second-order valence-corrected chi connectivity index (χ2v) is 8.90. The van der Waals surface area contributed by atoms with Crippen molar-refractivity contribution in [2.24, 2.45) is 5.41 Å². The highest BCUT2D eigenvalue weighted by molar-refractivity contribution is 5.76. The number of ether oxygens (including phenoxy) is 1. The van der Waals surface area contributed by atoms with E-state index in [0.717, 1.165) is 44.9 Å². The Kier molecular flexibility index (Phi) is 19.9. The van der Waals surface area contributed by atoms with Crippen molar-refractivity contribution in [1.82, 2.24) is 0 Å². The molecule has 0 atom stereocenters. The third kappa shape index (κ3) is 14.8. The largest absolute Gasteiger partial charge is 0.465 e. The van der Waals surface area contributed by atoms with E-state index >= 15 is 0 Å². The zero-order valence-electron chi connectivity index (χ0n) is 20.4. The number of esters is 1. The van der Waals surface area contributed by atoms with E-state index in [1.807, 2.05) is 0 Å². The van der Waals surface area contributed by atoms with Gasteiger partial charge in [-0.3, -0.25) is 4.79 Å². The summed E-state index contributed by atoms with van der Waals surface area (Å²) in [6.45, 7) is 9.29. The van der Waals surface area contributed by atoms with Crippen LogP contribution < -0.4 is 0 Å². The third-order valence-electron chi connectivity index (χ3n) is 5.99. The van der Waals surface area contributed by atoms with E-state index in [1.54, 1.807) is 0 Å². The fraction of sp³-hybridized carbons (Fsp3) is 0.889. The van der Waals surface area contributed by atoms with Crippen molar-refractivity contribution in [3.8, 4) is 0 Å². The molecule has 0 aliphatic carbocycles. The van der Waals surface area contributed by atoms with Crippen LogP contribution in [0.5, 0.6) is 0 Å². The van der Waals surface area contributed by atoms with E-state index in [0.29, 0.717) is 6.61 Å². The van der Waals surface area contributed by atoms with Crippen molar-refractivity contribution < 1.29 is 9.53 Å². The molecule has 0 rings (SSSR count). The van der Waals surface area contributed by atoms with Crippen LogP contribution in [0.15, 0.2) is 12.2 Å². The van der Waals surface area contributed by atoms with Crippen molar-refractivity contribution in [2.75, 3.05) is 6.61 Å². The SMILES string of the molecule is CCCCCCCC/C=C\CCCCCCC(CCC)(CCC)C(=O)OCCC. The highest BCUT2D eigenvalue weighted by Gasteiger charge is 2.37. The molecule has 0 aliphatic rings. The molecular weight excluding hydrogens is 356 g/mol. The molecule has 2 nitrogen and oxygen atoms in total. The summed E-state index contributed by atoms with van der Waals surface area (Å²) in [5.41, 5.74) is -0.226. The Morgan fingerprint density at radius 3 is 1.66 bits per heavy atom. The molecule has 0 aromatic carbocycles. The number of hydrogen-bond donors (Lipinski definition) is 0. The summed E-state index contributed by atoms with van der Waals surface area (Å²) >= 11 is 0. The lowest BCUT2D eigenvalue weighted by Crippen LogP contribution is -2.33. The Morgan fingerprint density at radius 2 is 1.14 bits per heavy atom. The predicted octanol–water partition coefficient (Wildman–Crippen LogP) is 9.17. The second-order valence-electron chi connectivity index (χ2n) is 8.90. The molecule has 0 N–H and O–H groups in total.